The van der Waals surface area contributed by atoms with Crippen LogP contribution in [0.2, 0.25) is 0 Å². The number of halogens is 1. The number of anilines is 1. The van der Waals surface area contributed by atoms with Crippen molar-refractivity contribution in [2.45, 2.75) is 46.7 Å². The number of methoxy groups -OCH3 is 1. The molecular formula is C28H34FN3O4. The SMILES string of the molecule is COc1ccc2oc(C)c(C(=O)N3CCN(C(C)C)CCCN(C(C)=O)c4cc(F)ccc4C3)c2c1. The first-order chi connectivity index (χ1) is 17.2. The molecule has 4 rings (SSSR count). The first-order valence-corrected chi connectivity index (χ1v) is 12.4. The standard InChI is InChI=1S/C28H34FN3O4/c1-18(2)30-11-6-12-32(20(4)33)25-15-22(29)8-7-21(25)17-31(14-13-30)28(34)27-19(3)36-26-10-9-23(35-5)16-24(26)27/h7-10,15-16,18H,6,11-14,17H2,1-5H3. The highest BCUT2D eigenvalue weighted by Gasteiger charge is 2.27. The Morgan fingerprint density at radius 2 is 1.83 bits per heavy atom. The van der Waals surface area contributed by atoms with Crippen LogP contribution in [0.3, 0.4) is 0 Å². The Balaban J connectivity index is 1.80. The van der Waals surface area contributed by atoms with Gasteiger partial charge in [-0.05, 0) is 63.1 Å². The summed E-state index contributed by atoms with van der Waals surface area (Å²) in [4.78, 5) is 32.3. The van der Waals surface area contributed by atoms with Crippen LogP contribution in [-0.4, -0.2) is 60.9 Å². The highest BCUT2D eigenvalue weighted by Crippen LogP contribution is 2.31. The van der Waals surface area contributed by atoms with E-state index in [1.54, 1.807) is 42.0 Å². The van der Waals surface area contributed by atoms with E-state index in [9.17, 15) is 14.0 Å². The second-order valence-electron chi connectivity index (χ2n) is 9.55. The Labute approximate surface area is 211 Å². The molecule has 0 saturated heterocycles. The Kier molecular flexibility index (Phi) is 7.64. The van der Waals surface area contributed by atoms with E-state index in [0.29, 0.717) is 53.4 Å². The van der Waals surface area contributed by atoms with E-state index in [2.05, 4.69) is 18.7 Å². The van der Waals surface area contributed by atoms with E-state index in [1.807, 2.05) is 6.07 Å². The molecule has 0 radical (unpaired) electrons. The summed E-state index contributed by atoms with van der Waals surface area (Å²) in [5.74, 6) is 0.424. The number of carbonyl (C=O) groups is 2. The molecule has 3 aromatic rings. The minimum absolute atomic E-state index is 0.154. The second kappa shape index (κ2) is 10.7. The molecule has 192 valence electrons. The highest BCUT2D eigenvalue weighted by atomic mass is 19.1. The molecule has 1 aliphatic rings. The first-order valence-electron chi connectivity index (χ1n) is 12.4. The van der Waals surface area contributed by atoms with E-state index in [0.717, 1.165) is 18.5 Å². The zero-order chi connectivity index (χ0) is 26.0. The lowest BCUT2D eigenvalue weighted by atomic mass is 10.1. The normalized spacial score (nSPS) is 15.6. The number of rotatable bonds is 3. The van der Waals surface area contributed by atoms with Crippen LogP contribution in [0.5, 0.6) is 5.75 Å². The number of carbonyl (C=O) groups excluding carboxylic acids is 2. The molecule has 2 heterocycles. The van der Waals surface area contributed by atoms with Crippen molar-refractivity contribution in [3.63, 3.8) is 0 Å². The predicted octanol–water partition coefficient (Wildman–Crippen LogP) is 5.00. The number of nitrogens with zero attached hydrogens (tertiary/aromatic N) is 3. The van der Waals surface area contributed by atoms with Gasteiger partial charge in [0.05, 0.1) is 18.4 Å². The fourth-order valence-corrected chi connectivity index (χ4v) is 4.89. The molecule has 2 amide bonds. The highest BCUT2D eigenvalue weighted by molar-refractivity contribution is 6.07. The van der Waals surface area contributed by atoms with Gasteiger partial charge in [-0.3, -0.25) is 14.5 Å². The lowest BCUT2D eigenvalue weighted by Gasteiger charge is -2.30. The molecule has 0 fully saturated rings. The van der Waals surface area contributed by atoms with Crippen molar-refractivity contribution in [3.8, 4) is 5.75 Å². The summed E-state index contributed by atoms with van der Waals surface area (Å²) in [6.45, 7) is 10.2. The van der Waals surface area contributed by atoms with Crippen LogP contribution in [0.25, 0.3) is 11.0 Å². The Bertz CT molecular complexity index is 1270. The van der Waals surface area contributed by atoms with Crippen LogP contribution < -0.4 is 9.64 Å². The predicted molar refractivity (Wildman–Crippen MR) is 138 cm³/mol. The van der Waals surface area contributed by atoms with E-state index < -0.39 is 5.82 Å². The molecule has 2 aromatic carbocycles. The molecule has 0 spiro atoms. The summed E-state index contributed by atoms with van der Waals surface area (Å²) in [6, 6.07) is 10.1. The summed E-state index contributed by atoms with van der Waals surface area (Å²) < 4.78 is 25.6. The van der Waals surface area contributed by atoms with Gasteiger partial charge in [-0.15, -0.1) is 0 Å². The monoisotopic (exact) mass is 495 g/mol. The topological polar surface area (TPSA) is 66.2 Å². The number of hydrogen-bond donors (Lipinski definition) is 0. The summed E-state index contributed by atoms with van der Waals surface area (Å²) in [5.41, 5.74) is 2.33. The third-order valence-electron chi connectivity index (χ3n) is 6.87. The number of benzene rings is 2. The molecule has 0 atom stereocenters. The van der Waals surface area contributed by atoms with Crippen molar-refractivity contribution >= 4 is 28.5 Å². The van der Waals surface area contributed by atoms with Crippen LogP contribution in [0.4, 0.5) is 10.1 Å². The molecule has 7 nitrogen and oxygen atoms in total. The fraction of sp³-hybridized carbons (Fsp3) is 0.429. The van der Waals surface area contributed by atoms with Gasteiger partial charge < -0.3 is 19.0 Å². The van der Waals surface area contributed by atoms with Gasteiger partial charge in [-0.25, -0.2) is 4.39 Å². The Hall–Kier alpha value is -3.39. The summed E-state index contributed by atoms with van der Waals surface area (Å²) in [7, 11) is 1.58. The van der Waals surface area contributed by atoms with Crippen molar-refractivity contribution < 1.29 is 23.1 Å². The Morgan fingerprint density at radius 1 is 1.06 bits per heavy atom. The molecule has 0 aliphatic carbocycles. The van der Waals surface area contributed by atoms with E-state index >= 15 is 0 Å². The zero-order valence-corrected chi connectivity index (χ0v) is 21.6. The van der Waals surface area contributed by atoms with E-state index in [1.165, 1.54) is 19.1 Å². The third kappa shape index (κ3) is 5.23. The number of fused-ring (bicyclic) bond motifs is 2. The van der Waals surface area contributed by atoms with Crippen LogP contribution in [0.15, 0.2) is 40.8 Å². The molecule has 0 bridgehead atoms. The largest absolute Gasteiger partial charge is 0.497 e. The van der Waals surface area contributed by atoms with Gasteiger partial charge in [-0.1, -0.05) is 6.07 Å². The second-order valence-corrected chi connectivity index (χ2v) is 9.55. The number of furan rings is 1. The molecule has 36 heavy (non-hydrogen) atoms. The quantitative estimate of drug-likeness (QED) is 0.512. The van der Waals surface area contributed by atoms with Crippen molar-refractivity contribution in [2.24, 2.45) is 0 Å². The van der Waals surface area contributed by atoms with Crippen LogP contribution in [-0.2, 0) is 11.3 Å². The Morgan fingerprint density at radius 3 is 2.53 bits per heavy atom. The van der Waals surface area contributed by atoms with Gasteiger partial charge in [-0.2, -0.15) is 0 Å². The van der Waals surface area contributed by atoms with Crippen LogP contribution in [0.1, 0.15) is 48.9 Å². The molecule has 8 heteroatoms. The maximum atomic E-state index is 14.3. The average Bonchev–Trinajstić information content (AvgIpc) is 3.15. The minimum Gasteiger partial charge on any atom is -0.497 e. The summed E-state index contributed by atoms with van der Waals surface area (Å²) >= 11 is 0. The van der Waals surface area contributed by atoms with E-state index in [-0.39, 0.29) is 24.4 Å². The molecule has 1 aliphatic heterocycles. The van der Waals surface area contributed by atoms with Crippen molar-refractivity contribution in [1.82, 2.24) is 9.80 Å². The van der Waals surface area contributed by atoms with Gasteiger partial charge in [0.2, 0.25) is 5.91 Å². The fourth-order valence-electron chi connectivity index (χ4n) is 4.89. The summed E-state index contributed by atoms with van der Waals surface area (Å²) in [5, 5.41) is 0.691. The molecular weight excluding hydrogens is 461 g/mol. The average molecular weight is 496 g/mol. The maximum Gasteiger partial charge on any atom is 0.258 e. The van der Waals surface area contributed by atoms with E-state index in [4.69, 9.17) is 9.15 Å². The zero-order valence-electron chi connectivity index (χ0n) is 21.6. The number of aryl methyl sites for hydroxylation is 1. The molecule has 0 unspecified atom stereocenters. The summed E-state index contributed by atoms with van der Waals surface area (Å²) in [6.07, 6.45) is 0.743. The van der Waals surface area contributed by atoms with Gasteiger partial charge in [0, 0.05) is 51.1 Å². The maximum absolute atomic E-state index is 14.3. The van der Waals surface area contributed by atoms with Crippen molar-refractivity contribution in [3.05, 3.63) is 59.1 Å². The molecule has 1 aromatic heterocycles. The lowest BCUT2D eigenvalue weighted by molar-refractivity contribution is -0.116. The number of hydrogen-bond acceptors (Lipinski definition) is 5. The van der Waals surface area contributed by atoms with Crippen LogP contribution >= 0.6 is 0 Å². The van der Waals surface area contributed by atoms with Crippen molar-refractivity contribution in [2.75, 3.05) is 38.2 Å². The first kappa shape index (κ1) is 25.7. The lowest BCUT2D eigenvalue weighted by Crippen LogP contribution is -2.41. The number of amides is 2. The third-order valence-corrected chi connectivity index (χ3v) is 6.87. The number of ether oxygens (including phenoxy) is 1. The van der Waals surface area contributed by atoms with Gasteiger partial charge in [0.25, 0.3) is 5.91 Å². The molecule has 0 saturated carbocycles. The minimum atomic E-state index is -0.416. The van der Waals surface area contributed by atoms with Gasteiger partial charge >= 0.3 is 0 Å². The molecule has 0 N–H and O–H groups in total. The van der Waals surface area contributed by atoms with Crippen LogP contribution in [0, 0.1) is 12.7 Å². The van der Waals surface area contributed by atoms with Crippen molar-refractivity contribution in [1.29, 1.82) is 0 Å². The smallest absolute Gasteiger partial charge is 0.258 e. The van der Waals surface area contributed by atoms with Gasteiger partial charge in [0.15, 0.2) is 0 Å². The van der Waals surface area contributed by atoms with Gasteiger partial charge in [0.1, 0.15) is 22.9 Å².